The van der Waals surface area contributed by atoms with Crippen LogP contribution in [-0.2, 0) is 9.59 Å². The van der Waals surface area contributed by atoms with Crippen LogP contribution < -0.4 is 16.0 Å². The van der Waals surface area contributed by atoms with Gasteiger partial charge in [-0.3, -0.25) is 14.4 Å². The van der Waals surface area contributed by atoms with E-state index in [2.05, 4.69) is 10.6 Å². The fourth-order valence-corrected chi connectivity index (χ4v) is 1.53. The molecule has 0 radical (unpaired) electrons. The molecule has 3 amide bonds. The molecule has 0 bridgehead atoms. The third-order valence-corrected chi connectivity index (χ3v) is 2.66. The molecule has 9 heteroatoms. The maximum absolute atomic E-state index is 11.9. The molecule has 0 saturated carbocycles. The highest BCUT2D eigenvalue weighted by Crippen LogP contribution is 2.13. The van der Waals surface area contributed by atoms with E-state index in [1.54, 1.807) is 35.6 Å². The Morgan fingerprint density at radius 2 is 1.52 bits per heavy atom. The summed E-state index contributed by atoms with van der Waals surface area (Å²) in [4.78, 5) is 33.6. The first-order chi connectivity index (χ1) is 10.8. The van der Waals surface area contributed by atoms with E-state index in [1.165, 1.54) is 0 Å². The molecular formula is C14H16F3N3O3. The summed E-state index contributed by atoms with van der Waals surface area (Å²) >= 11 is 0. The van der Waals surface area contributed by atoms with Gasteiger partial charge < -0.3 is 16.0 Å². The second-order valence-electron chi connectivity index (χ2n) is 4.51. The number of amides is 3. The van der Waals surface area contributed by atoms with Gasteiger partial charge in [-0.25, -0.2) is 0 Å². The lowest BCUT2D eigenvalue weighted by Crippen LogP contribution is -2.40. The lowest BCUT2D eigenvalue weighted by Gasteiger charge is -2.09. The molecule has 6 nitrogen and oxygen atoms in total. The lowest BCUT2D eigenvalue weighted by molar-refractivity contribution is -0.173. The number of rotatable bonds is 7. The van der Waals surface area contributed by atoms with Crippen molar-refractivity contribution in [3.63, 3.8) is 0 Å². The van der Waals surface area contributed by atoms with Crippen LogP contribution in [0.25, 0.3) is 0 Å². The number of nitrogens with one attached hydrogen (secondary N) is 3. The topological polar surface area (TPSA) is 87.3 Å². The number of halogens is 3. The Morgan fingerprint density at radius 3 is 2.13 bits per heavy atom. The zero-order valence-corrected chi connectivity index (χ0v) is 12.1. The highest BCUT2D eigenvalue weighted by atomic mass is 19.4. The van der Waals surface area contributed by atoms with Crippen LogP contribution >= 0.6 is 0 Å². The predicted molar refractivity (Wildman–Crippen MR) is 75.5 cm³/mol. The van der Waals surface area contributed by atoms with Crippen molar-refractivity contribution in [1.29, 1.82) is 0 Å². The highest BCUT2D eigenvalue weighted by Gasteiger charge is 2.38. The monoisotopic (exact) mass is 331 g/mol. The van der Waals surface area contributed by atoms with Gasteiger partial charge in [0.25, 0.3) is 5.91 Å². The molecular weight excluding hydrogens is 315 g/mol. The van der Waals surface area contributed by atoms with Crippen LogP contribution in [0, 0.1) is 0 Å². The molecule has 0 atom stereocenters. The third kappa shape index (κ3) is 7.30. The summed E-state index contributed by atoms with van der Waals surface area (Å²) in [5.74, 6) is -2.89. The van der Waals surface area contributed by atoms with Gasteiger partial charge in [-0.2, -0.15) is 13.2 Å². The average Bonchev–Trinajstić information content (AvgIpc) is 2.52. The van der Waals surface area contributed by atoms with Gasteiger partial charge in [0.2, 0.25) is 5.91 Å². The molecule has 0 heterocycles. The Hall–Kier alpha value is -2.58. The van der Waals surface area contributed by atoms with Gasteiger partial charge in [0, 0.05) is 18.7 Å². The van der Waals surface area contributed by atoms with Gasteiger partial charge in [0.1, 0.15) is 0 Å². The molecule has 0 aliphatic heterocycles. The standard InChI is InChI=1S/C14H16F3N3O3/c15-14(16,17)13(23)19-8-4-7-18-11(21)9-20-12(22)10-5-2-1-3-6-10/h1-3,5-6H,4,7-9H2,(H,18,21)(H,19,23)(H,20,22). The van der Waals surface area contributed by atoms with E-state index in [4.69, 9.17) is 0 Å². The number of carbonyl (C=O) groups is 3. The quantitative estimate of drug-likeness (QED) is 0.640. The zero-order valence-electron chi connectivity index (χ0n) is 12.1. The fraction of sp³-hybridized carbons (Fsp3) is 0.357. The summed E-state index contributed by atoms with van der Waals surface area (Å²) in [5.41, 5.74) is 0.412. The van der Waals surface area contributed by atoms with Crippen molar-refractivity contribution in [3.8, 4) is 0 Å². The molecule has 1 aromatic carbocycles. The van der Waals surface area contributed by atoms with Crippen LogP contribution in [0.5, 0.6) is 0 Å². The highest BCUT2D eigenvalue weighted by molar-refractivity contribution is 5.96. The van der Waals surface area contributed by atoms with Gasteiger partial charge in [0.15, 0.2) is 0 Å². The third-order valence-electron chi connectivity index (χ3n) is 2.66. The summed E-state index contributed by atoms with van der Waals surface area (Å²) in [6, 6.07) is 8.31. The van der Waals surface area contributed by atoms with Crippen LogP contribution in [-0.4, -0.2) is 43.5 Å². The van der Waals surface area contributed by atoms with Crippen LogP contribution in [0.3, 0.4) is 0 Å². The minimum Gasteiger partial charge on any atom is -0.355 e. The summed E-state index contributed by atoms with van der Waals surface area (Å²) in [6.45, 7) is -0.379. The van der Waals surface area contributed by atoms with E-state index in [0.717, 1.165) is 0 Å². The Morgan fingerprint density at radius 1 is 0.913 bits per heavy atom. The smallest absolute Gasteiger partial charge is 0.355 e. The molecule has 126 valence electrons. The molecule has 0 aliphatic rings. The molecule has 0 spiro atoms. The first-order valence-corrected chi connectivity index (χ1v) is 6.75. The molecule has 0 aromatic heterocycles. The SMILES string of the molecule is O=C(CNC(=O)c1ccccc1)NCCCNC(=O)C(F)(F)F. The average molecular weight is 331 g/mol. The Bertz CT molecular complexity index is 547. The lowest BCUT2D eigenvalue weighted by atomic mass is 10.2. The normalized spacial score (nSPS) is 10.7. The van der Waals surface area contributed by atoms with Crippen LogP contribution in [0.15, 0.2) is 30.3 Å². The number of alkyl halides is 3. The van der Waals surface area contributed by atoms with Gasteiger partial charge in [0.05, 0.1) is 6.54 Å². The summed E-state index contributed by atoms with van der Waals surface area (Å²) in [7, 11) is 0. The van der Waals surface area contributed by atoms with E-state index in [1.807, 2.05) is 0 Å². The fourth-order valence-electron chi connectivity index (χ4n) is 1.53. The number of benzene rings is 1. The van der Waals surface area contributed by atoms with Crippen molar-refractivity contribution >= 4 is 17.7 Å². The Kier molecular flexibility index (Phi) is 7.04. The molecule has 0 fully saturated rings. The zero-order chi connectivity index (χ0) is 17.3. The second-order valence-corrected chi connectivity index (χ2v) is 4.51. The van der Waals surface area contributed by atoms with Crippen LogP contribution in [0.1, 0.15) is 16.8 Å². The molecule has 0 unspecified atom stereocenters. The maximum Gasteiger partial charge on any atom is 0.471 e. The van der Waals surface area contributed by atoms with E-state index in [-0.39, 0.29) is 26.1 Å². The molecule has 0 saturated heterocycles. The summed E-state index contributed by atoms with van der Waals surface area (Å²) in [5, 5.41) is 6.51. The van der Waals surface area contributed by atoms with E-state index < -0.39 is 23.9 Å². The van der Waals surface area contributed by atoms with Gasteiger partial charge >= 0.3 is 12.1 Å². The molecule has 0 aliphatic carbocycles. The van der Waals surface area contributed by atoms with E-state index in [9.17, 15) is 27.6 Å². The number of hydrogen-bond donors (Lipinski definition) is 3. The van der Waals surface area contributed by atoms with Crippen molar-refractivity contribution in [2.24, 2.45) is 0 Å². The molecule has 3 N–H and O–H groups in total. The van der Waals surface area contributed by atoms with Crippen molar-refractivity contribution in [3.05, 3.63) is 35.9 Å². The van der Waals surface area contributed by atoms with E-state index in [0.29, 0.717) is 5.56 Å². The Balaban J connectivity index is 2.13. The van der Waals surface area contributed by atoms with Crippen molar-refractivity contribution < 1.29 is 27.6 Å². The summed E-state index contributed by atoms with van der Waals surface area (Å²) in [6.07, 6.45) is -4.77. The maximum atomic E-state index is 11.9. The molecule has 23 heavy (non-hydrogen) atoms. The van der Waals surface area contributed by atoms with E-state index >= 15 is 0 Å². The van der Waals surface area contributed by atoms with Gasteiger partial charge in [-0.15, -0.1) is 0 Å². The number of hydrogen-bond acceptors (Lipinski definition) is 3. The molecule has 1 aromatic rings. The minimum absolute atomic E-state index is 0.0815. The van der Waals surface area contributed by atoms with Crippen molar-refractivity contribution in [2.45, 2.75) is 12.6 Å². The molecule has 1 rings (SSSR count). The predicted octanol–water partition coefficient (Wildman–Crippen LogP) is 0.601. The largest absolute Gasteiger partial charge is 0.471 e. The number of carbonyl (C=O) groups excluding carboxylic acids is 3. The van der Waals surface area contributed by atoms with Crippen LogP contribution in [0.4, 0.5) is 13.2 Å². The first kappa shape index (κ1) is 18.5. The van der Waals surface area contributed by atoms with Gasteiger partial charge in [-0.1, -0.05) is 18.2 Å². The van der Waals surface area contributed by atoms with Crippen molar-refractivity contribution in [1.82, 2.24) is 16.0 Å². The summed E-state index contributed by atoms with van der Waals surface area (Å²) < 4.78 is 35.6. The second kappa shape index (κ2) is 8.76. The Labute approximate surface area is 130 Å². The van der Waals surface area contributed by atoms with Crippen LogP contribution in [0.2, 0.25) is 0 Å². The first-order valence-electron chi connectivity index (χ1n) is 6.75. The minimum atomic E-state index is -4.91. The van der Waals surface area contributed by atoms with Gasteiger partial charge in [-0.05, 0) is 18.6 Å². The van der Waals surface area contributed by atoms with Crippen molar-refractivity contribution in [2.75, 3.05) is 19.6 Å².